The summed E-state index contributed by atoms with van der Waals surface area (Å²) >= 11 is 0. The first kappa shape index (κ1) is 20.6. The maximum absolute atomic E-state index is 13.0. The van der Waals surface area contributed by atoms with E-state index >= 15 is 0 Å². The molecule has 8 heteroatoms. The van der Waals surface area contributed by atoms with Gasteiger partial charge in [-0.3, -0.25) is 0 Å². The highest BCUT2D eigenvalue weighted by molar-refractivity contribution is 5.87. The summed E-state index contributed by atoms with van der Waals surface area (Å²) in [6, 6.07) is 13.8. The molecule has 0 saturated heterocycles. The molecule has 0 saturated carbocycles. The first-order chi connectivity index (χ1) is 14.8. The molecule has 158 valence electrons. The van der Waals surface area contributed by atoms with Crippen LogP contribution in [0.4, 0.5) is 13.2 Å². The van der Waals surface area contributed by atoms with E-state index in [1.165, 1.54) is 19.2 Å². The number of aromatic nitrogens is 3. The first-order valence-electron chi connectivity index (χ1n) is 9.46. The number of pyridine rings is 2. The van der Waals surface area contributed by atoms with Crippen LogP contribution < -0.4 is 0 Å². The fraction of sp³-hybridized carbons (Fsp3) is 0.174. The molecule has 4 aromatic rings. The van der Waals surface area contributed by atoms with Crippen LogP contribution in [-0.2, 0) is 17.3 Å². The zero-order valence-corrected chi connectivity index (χ0v) is 16.8. The molecule has 0 N–H and O–H groups in total. The molecule has 3 aromatic heterocycles. The summed E-state index contributed by atoms with van der Waals surface area (Å²) in [6.45, 7) is 1.93. The summed E-state index contributed by atoms with van der Waals surface area (Å²) in [7, 11) is 1.28. The topological polar surface area (TPSA) is 56.5 Å². The SMILES string of the molecule is COC(=O)c1cccc(Cc2c(-c3ccc(C(F)(F)F)cc3)nn3cc(C)ccc23)n1. The van der Waals surface area contributed by atoms with Gasteiger partial charge in [0.1, 0.15) is 5.69 Å². The zero-order chi connectivity index (χ0) is 22.2. The number of nitrogens with zero attached hydrogens (tertiary/aromatic N) is 3. The Bertz CT molecular complexity index is 1260. The number of hydrogen-bond acceptors (Lipinski definition) is 4. The standard InChI is InChI=1S/C23H18F3N3O2/c1-14-6-11-20-18(12-17-4-3-5-19(27-17)22(30)31-2)21(28-29(20)13-14)15-7-9-16(10-8-15)23(24,25)26/h3-11,13H,12H2,1-2H3. The Hall–Kier alpha value is -3.68. The molecule has 31 heavy (non-hydrogen) atoms. The second kappa shape index (κ2) is 7.86. The van der Waals surface area contributed by atoms with E-state index in [1.807, 2.05) is 25.3 Å². The minimum atomic E-state index is -4.41. The summed E-state index contributed by atoms with van der Waals surface area (Å²) in [5, 5.41) is 4.62. The van der Waals surface area contributed by atoms with Gasteiger partial charge in [-0.15, -0.1) is 0 Å². The number of alkyl halides is 3. The van der Waals surface area contributed by atoms with Gasteiger partial charge in [-0.05, 0) is 42.8 Å². The average Bonchev–Trinajstić information content (AvgIpc) is 3.10. The van der Waals surface area contributed by atoms with Crippen molar-refractivity contribution in [2.75, 3.05) is 7.11 Å². The molecule has 3 heterocycles. The van der Waals surface area contributed by atoms with Gasteiger partial charge in [0.2, 0.25) is 0 Å². The van der Waals surface area contributed by atoms with Crippen LogP contribution in [0, 0.1) is 6.92 Å². The number of halogens is 3. The predicted molar refractivity (Wildman–Crippen MR) is 109 cm³/mol. The van der Waals surface area contributed by atoms with Crippen molar-refractivity contribution < 1.29 is 22.7 Å². The number of carbonyl (C=O) groups is 1. The second-order valence-corrected chi connectivity index (χ2v) is 7.12. The fourth-order valence-electron chi connectivity index (χ4n) is 3.40. The summed E-state index contributed by atoms with van der Waals surface area (Å²) in [4.78, 5) is 16.2. The summed E-state index contributed by atoms with van der Waals surface area (Å²) in [5.41, 5.74) is 3.81. The average molecular weight is 425 g/mol. The van der Waals surface area contributed by atoms with E-state index in [4.69, 9.17) is 4.74 Å². The maximum atomic E-state index is 13.0. The van der Waals surface area contributed by atoms with Crippen LogP contribution in [0.15, 0.2) is 60.8 Å². The number of carbonyl (C=O) groups excluding carboxylic acids is 1. The first-order valence-corrected chi connectivity index (χ1v) is 9.46. The molecule has 0 radical (unpaired) electrons. The lowest BCUT2D eigenvalue weighted by atomic mass is 10.0. The van der Waals surface area contributed by atoms with Crippen LogP contribution in [0.3, 0.4) is 0 Å². The van der Waals surface area contributed by atoms with Crippen molar-refractivity contribution in [1.82, 2.24) is 14.6 Å². The van der Waals surface area contributed by atoms with Crippen LogP contribution in [-0.4, -0.2) is 27.7 Å². The number of benzene rings is 1. The largest absolute Gasteiger partial charge is 0.464 e. The van der Waals surface area contributed by atoms with Gasteiger partial charge in [-0.25, -0.2) is 14.3 Å². The van der Waals surface area contributed by atoms with Crippen molar-refractivity contribution in [2.45, 2.75) is 19.5 Å². The summed E-state index contributed by atoms with van der Waals surface area (Å²) < 4.78 is 45.3. The van der Waals surface area contributed by atoms with Gasteiger partial charge < -0.3 is 4.74 Å². The molecule has 4 rings (SSSR count). The van der Waals surface area contributed by atoms with E-state index < -0.39 is 17.7 Å². The number of aryl methyl sites for hydroxylation is 1. The molecule has 0 aliphatic carbocycles. The predicted octanol–water partition coefficient (Wildman–Crippen LogP) is 5.10. The number of esters is 1. The zero-order valence-electron chi connectivity index (χ0n) is 16.8. The van der Waals surface area contributed by atoms with Gasteiger partial charge in [0.25, 0.3) is 0 Å². The molecule has 0 amide bonds. The number of rotatable bonds is 4. The Morgan fingerprint density at radius 3 is 2.48 bits per heavy atom. The molecule has 0 atom stereocenters. The molecule has 0 bridgehead atoms. The van der Waals surface area contributed by atoms with Gasteiger partial charge >= 0.3 is 12.1 Å². The quantitative estimate of drug-likeness (QED) is 0.427. The molecule has 0 aliphatic rings. The van der Waals surface area contributed by atoms with E-state index in [1.54, 1.807) is 22.7 Å². The number of methoxy groups -OCH3 is 1. The monoisotopic (exact) mass is 425 g/mol. The molecule has 0 aliphatic heterocycles. The van der Waals surface area contributed by atoms with Gasteiger partial charge in [0.05, 0.1) is 23.9 Å². The Morgan fingerprint density at radius 2 is 1.81 bits per heavy atom. The van der Waals surface area contributed by atoms with Gasteiger partial charge in [0, 0.05) is 29.4 Å². The summed E-state index contributed by atoms with van der Waals surface area (Å²) in [5.74, 6) is -0.541. The van der Waals surface area contributed by atoms with E-state index in [-0.39, 0.29) is 5.69 Å². The third-order valence-corrected chi connectivity index (χ3v) is 4.92. The van der Waals surface area contributed by atoms with Crippen molar-refractivity contribution in [1.29, 1.82) is 0 Å². The Morgan fingerprint density at radius 1 is 1.06 bits per heavy atom. The van der Waals surface area contributed by atoms with Crippen molar-refractivity contribution in [3.63, 3.8) is 0 Å². The minimum Gasteiger partial charge on any atom is -0.464 e. The number of fused-ring (bicyclic) bond motifs is 1. The maximum Gasteiger partial charge on any atom is 0.416 e. The van der Waals surface area contributed by atoms with E-state index in [9.17, 15) is 18.0 Å². The van der Waals surface area contributed by atoms with E-state index in [2.05, 4.69) is 10.1 Å². The van der Waals surface area contributed by atoms with Gasteiger partial charge in [-0.1, -0.05) is 24.3 Å². The van der Waals surface area contributed by atoms with Gasteiger partial charge in [-0.2, -0.15) is 18.3 Å². The van der Waals surface area contributed by atoms with Crippen LogP contribution in [0.1, 0.15) is 32.9 Å². The van der Waals surface area contributed by atoms with Crippen LogP contribution in [0.2, 0.25) is 0 Å². The normalized spacial score (nSPS) is 11.6. The van der Waals surface area contributed by atoms with Crippen LogP contribution in [0.25, 0.3) is 16.8 Å². The highest BCUT2D eigenvalue weighted by Gasteiger charge is 2.30. The lowest BCUT2D eigenvalue weighted by Crippen LogP contribution is -2.06. The lowest BCUT2D eigenvalue weighted by molar-refractivity contribution is -0.137. The summed E-state index contributed by atoms with van der Waals surface area (Å²) in [6.07, 6.45) is -2.21. The molecular formula is C23H18F3N3O2. The van der Waals surface area contributed by atoms with Crippen molar-refractivity contribution in [2.24, 2.45) is 0 Å². The van der Waals surface area contributed by atoms with Gasteiger partial charge in [0.15, 0.2) is 0 Å². The molecule has 0 spiro atoms. The van der Waals surface area contributed by atoms with E-state index in [0.29, 0.717) is 23.4 Å². The minimum absolute atomic E-state index is 0.184. The van der Waals surface area contributed by atoms with Crippen molar-refractivity contribution in [3.05, 3.63) is 88.9 Å². The molecule has 5 nitrogen and oxygen atoms in total. The highest BCUT2D eigenvalue weighted by Crippen LogP contribution is 2.33. The fourth-order valence-corrected chi connectivity index (χ4v) is 3.40. The second-order valence-electron chi connectivity index (χ2n) is 7.12. The van der Waals surface area contributed by atoms with Crippen molar-refractivity contribution >= 4 is 11.5 Å². The molecule has 1 aromatic carbocycles. The number of ether oxygens (including phenoxy) is 1. The van der Waals surface area contributed by atoms with Crippen LogP contribution in [0.5, 0.6) is 0 Å². The highest BCUT2D eigenvalue weighted by atomic mass is 19.4. The number of hydrogen-bond donors (Lipinski definition) is 0. The third-order valence-electron chi connectivity index (χ3n) is 4.92. The third kappa shape index (κ3) is 4.14. The Labute approximate surface area is 176 Å². The lowest BCUT2D eigenvalue weighted by Gasteiger charge is -2.08. The Kier molecular flexibility index (Phi) is 5.22. The molecule has 0 fully saturated rings. The Balaban J connectivity index is 1.82. The molecule has 0 unspecified atom stereocenters. The smallest absolute Gasteiger partial charge is 0.416 e. The molecular weight excluding hydrogens is 407 g/mol. The van der Waals surface area contributed by atoms with E-state index in [0.717, 1.165) is 28.8 Å². The van der Waals surface area contributed by atoms with Crippen molar-refractivity contribution in [3.8, 4) is 11.3 Å². The van der Waals surface area contributed by atoms with Crippen LogP contribution >= 0.6 is 0 Å².